The molecule has 0 radical (unpaired) electrons. The van der Waals surface area contributed by atoms with Gasteiger partial charge in [-0.15, -0.1) is 0 Å². The Kier molecular flexibility index (Phi) is 5.49. The molecule has 0 fully saturated rings. The van der Waals surface area contributed by atoms with E-state index in [1.54, 1.807) is 0 Å². The first-order valence-corrected chi connectivity index (χ1v) is 6.19. The Hall–Kier alpha value is -0.870. The Labute approximate surface area is 105 Å². The average Bonchev–Trinajstić information content (AvgIpc) is 2.23. The molecular formula is C12H17BrN2O. The Morgan fingerprint density at radius 1 is 1.44 bits per heavy atom. The van der Waals surface area contributed by atoms with Gasteiger partial charge in [-0.2, -0.15) is 0 Å². The molecule has 0 bridgehead atoms. The molecule has 0 saturated heterocycles. The van der Waals surface area contributed by atoms with Gasteiger partial charge in [0.1, 0.15) is 0 Å². The maximum Gasteiger partial charge on any atom is 0.221 e. The van der Waals surface area contributed by atoms with Crippen molar-refractivity contribution in [2.75, 3.05) is 11.9 Å². The number of rotatable bonds is 5. The minimum Gasteiger partial charge on any atom is -0.330 e. The van der Waals surface area contributed by atoms with Crippen molar-refractivity contribution in [2.24, 2.45) is 5.73 Å². The normalized spacial score (nSPS) is 10.2. The molecule has 1 amide bonds. The highest BCUT2D eigenvalue weighted by atomic mass is 79.9. The molecule has 0 saturated carbocycles. The van der Waals surface area contributed by atoms with Crippen molar-refractivity contribution in [3.05, 3.63) is 28.2 Å². The highest BCUT2D eigenvalue weighted by Gasteiger charge is 2.07. The van der Waals surface area contributed by atoms with E-state index in [1.807, 2.05) is 18.2 Å². The number of hydrogen-bond acceptors (Lipinski definition) is 2. The molecule has 4 heteroatoms. The molecule has 0 aliphatic heterocycles. The number of carbonyl (C=O) groups is 1. The summed E-state index contributed by atoms with van der Waals surface area (Å²) >= 11 is 3.45. The second-order valence-corrected chi connectivity index (χ2v) is 4.56. The number of carbonyl (C=O) groups excluding carboxylic acids is 1. The minimum atomic E-state index is -0.0491. The van der Waals surface area contributed by atoms with E-state index in [2.05, 4.69) is 21.2 Å². The number of benzene rings is 1. The predicted molar refractivity (Wildman–Crippen MR) is 70.4 cm³/mol. The second kappa shape index (κ2) is 6.66. The van der Waals surface area contributed by atoms with E-state index in [-0.39, 0.29) is 5.91 Å². The highest BCUT2D eigenvalue weighted by Crippen LogP contribution is 2.27. The van der Waals surface area contributed by atoms with E-state index < -0.39 is 0 Å². The quantitative estimate of drug-likeness (QED) is 0.817. The molecule has 3 N–H and O–H groups in total. The summed E-state index contributed by atoms with van der Waals surface area (Å²) in [5.74, 6) is -0.0491. The van der Waals surface area contributed by atoms with Crippen LogP contribution in [0.15, 0.2) is 22.7 Å². The maximum absolute atomic E-state index is 11.1. The summed E-state index contributed by atoms with van der Waals surface area (Å²) in [6.45, 7) is 2.23. The Morgan fingerprint density at radius 3 is 2.81 bits per heavy atom. The van der Waals surface area contributed by atoms with Gasteiger partial charge in [-0.05, 0) is 53.4 Å². The van der Waals surface area contributed by atoms with E-state index in [0.717, 1.165) is 35.0 Å². The molecule has 1 aromatic rings. The van der Waals surface area contributed by atoms with Crippen LogP contribution in [0.3, 0.4) is 0 Å². The third-order valence-corrected chi connectivity index (χ3v) is 2.96. The van der Waals surface area contributed by atoms with Gasteiger partial charge in [-0.3, -0.25) is 4.79 Å². The summed E-state index contributed by atoms with van der Waals surface area (Å²) in [6, 6.07) is 5.94. The molecule has 1 aromatic carbocycles. The molecule has 0 aromatic heterocycles. The van der Waals surface area contributed by atoms with E-state index in [1.165, 1.54) is 6.92 Å². The van der Waals surface area contributed by atoms with Crippen molar-refractivity contribution in [1.29, 1.82) is 0 Å². The SMILES string of the molecule is CC(=O)Nc1c(Br)cccc1CCCCN. The van der Waals surface area contributed by atoms with Crippen molar-refractivity contribution in [3.63, 3.8) is 0 Å². The number of para-hydroxylation sites is 1. The monoisotopic (exact) mass is 284 g/mol. The van der Waals surface area contributed by atoms with Crippen LogP contribution in [0.2, 0.25) is 0 Å². The average molecular weight is 285 g/mol. The largest absolute Gasteiger partial charge is 0.330 e. The zero-order valence-corrected chi connectivity index (χ0v) is 11.0. The lowest BCUT2D eigenvalue weighted by Gasteiger charge is -2.11. The van der Waals surface area contributed by atoms with Gasteiger partial charge in [-0.25, -0.2) is 0 Å². The third-order valence-electron chi connectivity index (χ3n) is 2.30. The number of hydrogen-bond donors (Lipinski definition) is 2. The van der Waals surface area contributed by atoms with Gasteiger partial charge in [-0.1, -0.05) is 12.1 Å². The number of aryl methyl sites for hydroxylation is 1. The van der Waals surface area contributed by atoms with E-state index >= 15 is 0 Å². The van der Waals surface area contributed by atoms with Gasteiger partial charge in [0.25, 0.3) is 0 Å². The molecular weight excluding hydrogens is 268 g/mol. The molecule has 88 valence electrons. The van der Waals surface area contributed by atoms with Crippen LogP contribution >= 0.6 is 15.9 Å². The number of halogens is 1. The Balaban J connectivity index is 2.80. The fraction of sp³-hybridized carbons (Fsp3) is 0.417. The maximum atomic E-state index is 11.1. The minimum absolute atomic E-state index is 0.0491. The van der Waals surface area contributed by atoms with Crippen molar-refractivity contribution >= 4 is 27.5 Å². The molecule has 0 heterocycles. The summed E-state index contributed by atoms with van der Waals surface area (Å²) in [5, 5.41) is 2.85. The van der Waals surface area contributed by atoms with Gasteiger partial charge in [0, 0.05) is 11.4 Å². The summed E-state index contributed by atoms with van der Waals surface area (Å²) < 4.78 is 0.924. The fourth-order valence-corrected chi connectivity index (χ4v) is 2.06. The zero-order valence-electron chi connectivity index (χ0n) is 9.42. The Bertz CT molecular complexity index is 366. The molecule has 0 aliphatic rings. The number of nitrogens with two attached hydrogens (primary N) is 1. The highest BCUT2D eigenvalue weighted by molar-refractivity contribution is 9.10. The molecule has 0 unspecified atom stereocenters. The topological polar surface area (TPSA) is 55.1 Å². The zero-order chi connectivity index (χ0) is 12.0. The van der Waals surface area contributed by atoms with Crippen LogP contribution in [-0.2, 0) is 11.2 Å². The van der Waals surface area contributed by atoms with E-state index in [9.17, 15) is 4.79 Å². The number of anilines is 1. The molecule has 0 aliphatic carbocycles. The van der Waals surface area contributed by atoms with Crippen LogP contribution in [0.4, 0.5) is 5.69 Å². The van der Waals surface area contributed by atoms with Crippen LogP contribution in [0.1, 0.15) is 25.3 Å². The summed E-state index contributed by atoms with van der Waals surface area (Å²) in [5.41, 5.74) is 7.49. The second-order valence-electron chi connectivity index (χ2n) is 3.70. The van der Waals surface area contributed by atoms with Crippen molar-refractivity contribution in [1.82, 2.24) is 0 Å². The molecule has 0 atom stereocenters. The fourth-order valence-electron chi connectivity index (χ4n) is 1.55. The lowest BCUT2D eigenvalue weighted by Crippen LogP contribution is -2.09. The van der Waals surface area contributed by atoms with Crippen molar-refractivity contribution in [2.45, 2.75) is 26.2 Å². The van der Waals surface area contributed by atoms with Crippen molar-refractivity contribution in [3.8, 4) is 0 Å². The van der Waals surface area contributed by atoms with Crippen LogP contribution in [0.5, 0.6) is 0 Å². The third kappa shape index (κ3) is 3.94. The van der Waals surface area contributed by atoms with E-state index in [0.29, 0.717) is 6.54 Å². The van der Waals surface area contributed by atoms with E-state index in [4.69, 9.17) is 5.73 Å². The predicted octanol–water partition coefficient (Wildman–Crippen LogP) is 2.69. The van der Waals surface area contributed by atoms with Gasteiger partial charge in [0.05, 0.1) is 5.69 Å². The summed E-state index contributed by atoms with van der Waals surface area (Å²) in [6.07, 6.45) is 2.98. The summed E-state index contributed by atoms with van der Waals surface area (Å²) in [4.78, 5) is 11.1. The Morgan fingerprint density at radius 2 is 2.19 bits per heavy atom. The van der Waals surface area contributed by atoms with Crippen LogP contribution < -0.4 is 11.1 Å². The van der Waals surface area contributed by atoms with Crippen LogP contribution in [0.25, 0.3) is 0 Å². The first-order chi connectivity index (χ1) is 7.65. The lowest BCUT2D eigenvalue weighted by atomic mass is 10.1. The van der Waals surface area contributed by atoms with Gasteiger partial charge >= 0.3 is 0 Å². The first-order valence-electron chi connectivity index (χ1n) is 5.40. The van der Waals surface area contributed by atoms with Crippen LogP contribution in [0, 0.1) is 0 Å². The molecule has 16 heavy (non-hydrogen) atoms. The number of unbranched alkanes of at least 4 members (excludes halogenated alkanes) is 1. The number of nitrogens with one attached hydrogen (secondary N) is 1. The summed E-state index contributed by atoms with van der Waals surface area (Å²) in [7, 11) is 0. The van der Waals surface area contributed by atoms with Crippen LogP contribution in [-0.4, -0.2) is 12.5 Å². The molecule has 3 nitrogen and oxygen atoms in total. The standard InChI is InChI=1S/C12H17BrN2O/c1-9(16)15-12-10(5-2-3-8-14)6-4-7-11(12)13/h4,6-7H,2-3,5,8,14H2,1H3,(H,15,16). The first kappa shape index (κ1) is 13.2. The smallest absolute Gasteiger partial charge is 0.221 e. The van der Waals surface area contributed by atoms with Crippen molar-refractivity contribution < 1.29 is 4.79 Å². The molecule has 0 spiro atoms. The van der Waals surface area contributed by atoms with Gasteiger partial charge in [0.15, 0.2) is 0 Å². The number of amides is 1. The lowest BCUT2D eigenvalue weighted by molar-refractivity contribution is -0.114. The molecule has 1 rings (SSSR count). The van der Waals surface area contributed by atoms with Gasteiger partial charge in [0.2, 0.25) is 5.91 Å². The van der Waals surface area contributed by atoms with Gasteiger partial charge < -0.3 is 11.1 Å².